The van der Waals surface area contributed by atoms with Crippen LogP contribution >= 0.6 is 11.6 Å². The van der Waals surface area contributed by atoms with Crippen LogP contribution in [0.3, 0.4) is 0 Å². The fourth-order valence-corrected chi connectivity index (χ4v) is 1.76. The van der Waals surface area contributed by atoms with Gasteiger partial charge in [0.1, 0.15) is 5.75 Å². The van der Waals surface area contributed by atoms with Crippen molar-refractivity contribution in [2.45, 2.75) is 0 Å². The molecule has 20 heavy (non-hydrogen) atoms. The number of para-hydroxylation sites is 1. The molecule has 0 atom stereocenters. The molecule has 0 unspecified atom stereocenters. The summed E-state index contributed by atoms with van der Waals surface area (Å²) >= 11 is 6.01. The Bertz CT molecular complexity index is 626. The molecule has 0 aliphatic heterocycles. The van der Waals surface area contributed by atoms with Gasteiger partial charge in [0.15, 0.2) is 5.17 Å². The monoisotopic (exact) mass is 289 g/mol. The molecule has 0 saturated heterocycles. The molecule has 102 valence electrons. The van der Waals surface area contributed by atoms with Gasteiger partial charge in [0.2, 0.25) is 0 Å². The molecule has 0 spiro atoms. The first-order valence-corrected chi connectivity index (χ1v) is 6.23. The number of benzene rings is 2. The van der Waals surface area contributed by atoms with Crippen molar-refractivity contribution >= 4 is 22.7 Å². The van der Waals surface area contributed by atoms with Crippen molar-refractivity contribution in [3.8, 4) is 5.75 Å². The third kappa shape index (κ3) is 3.36. The topological polar surface area (TPSA) is 47.9 Å². The summed E-state index contributed by atoms with van der Waals surface area (Å²) in [4.78, 5) is 16.5. The van der Waals surface area contributed by atoms with Crippen molar-refractivity contribution in [3.05, 3.63) is 65.7 Å². The maximum absolute atomic E-state index is 11.7. The zero-order valence-electron chi connectivity index (χ0n) is 10.7. The van der Waals surface area contributed by atoms with Crippen LogP contribution in [-0.4, -0.2) is 18.2 Å². The number of oxime groups is 1. The van der Waals surface area contributed by atoms with Crippen molar-refractivity contribution in [2.24, 2.45) is 5.16 Å². The molecule has 0 radical (unpaired) electrons. The molecule has 2 rings (SSSR count). The van der Waals surface area contributed by atoms with E-state index in [0.717, 1.165) is 0 Å². The summed E-state index contributed by atoms with van der Waals surface area (Å²) in [6.45, 7) is 0. The minimum Gasteiger partial charge on any atom is -0.496 e. The van der Waals surface area contributed by atoms with Gasteiger partial charge in [-0.2, -0.15) is 0 Å². The Balaban J connectivity index is 2.13. The summed E-state index contributed by atoms with van der Waals surface area (Å²) in [7, 11) is 1.53. The molecule has 0 aliphatic rings. The summed E-state index contributed by atoms with van der Waals surface area (Å²) in [5.41, 5.74) is 0.957. The predicted octanol–water partition coefficient (Wildman–Crippen LogP) is 3.45. The number of halogens is 1. The molecular weight excluding hydrogens is 278 g/mol. The molecule has 5 heteroatoms. The fourth-order valence-electron chi connectivity index (χ4n) is 1.57. The van der Waals surface area contributed by atoms with Gasteiger partial charge in [-0.15, -0.1) is 0 Å². The van der Waals surface area contributed by atoms with Gasteiger partial charge in [-0.25, -0.2) is 4.79 Å². The Morgan fingerprint density at radius 1 is 1.05 bits per heavy atom. The average molecular weight is 290 g/mol. The van der Waals surface area contributed by atoms with Gasteiger partial charge in [-0.1, -0.05) is 47.1 Å². The van der Waals surface area contributed by atoms with E-state index in [-0.39, 0.29) is 5.17 Å². The van der Waals surface area contributed by atoms with Gasteiger partial charge in [0, 0.05) is 0 Å². The highest BCUT2D eigenvalue weighted by Crippen LogP contribution is 2.20. The van der Waals surface area contributed by atoms with Crippen molar-refractivity contribution in [3.63, 3.8) is 0 Å². The normalized spacial score (nSPS) is 11.0. The number of carbonyl (C=O) groups is 1. The van der Waals surface area contributed by atoms with E-state index < -0.39 is 5.97 Å². The highest BCUT2D eigenvalue weighted by Gasteiger charge is 2.10. The predicted molar refractivity (Wildman–Crippen MR) is 77.2 cm³/mol. The molecule has 0 fully saturated rings. The number of rotatable bonds is 4. The number of methoxy groups -OCH3 is 1. The largest absolute Gasteiger partial charge is 0.496 e. The number of carbonyl (C=O) groups excluding carboxylic acids is 1. The lowest BCUT2D eigenvalue weighted by Gasteiger charge is -2.05. The lowest BCUT2D eigenvalue weighted by molar-refractivity contribution is 0.0518. The number of nitrogens with zero attached hydrogens (tertiary/aromatic N) is 1. The summed E-state index contributed by atoms with van der Waals surface area (Å²) < 4.78 is 5.15. The second kappa shape index (κ2) is 6.73. The highest BCUT2D eigenvalue weighted by atomic mass is 35.5. The summed E-state index contributed by atoms with van der Waals surface area (Å²) in [5, 5.41) is 3.68. The smallest absolute Gasteiger partial charge is 0.365 e. The number of ether oxygens (including phenoxy) is 1. The number of hydrogen-bond donors (Lipinski definition) is 0. The lowest BCUT2D eigenvalue weighted by Crippen LogP contribution is -2.03. The van der Waals surface area contributed by atoms with E-state index in [1.165, 1.54) is 7.11 Å². The maximum atomic E-state index is 11.7. The number of hydrogen-bond acceptors (Lipinski definition) is 4. The van der Waals surface area contributed by atoms with E-state index in [4.69, 9.17) is 21.2 Å². The third-order valence-electron chi connectivity index (χ3n) is 2.55. The Kier molecular flexibility index (Phi) is 4.74. The van der Waals surface area contributed by atoms with Crippen molar-refractivity contribution in [1.29, 1.82) is 0 Å². The minimum atomic E-state index is -0.571. The molecule has 4 nitrogen and oxygen atoms in total. The van der Waals surface area contributed by atoms with Gasteiger partial charge < -0.3 is 9.57 Å². The molecule has 0 N–H and O–H groups in total. The molecule has 0 heterocycles. The molecule has 0 bridgehead atoms. The van der Waals surface area contributed by atoms with Crippen LogP contribution in [0, 0.1) is 0 Å². The molecule has 2 aromatic rings. The quantitative estimate of drug-likeness (QED) is 0.492. The van der Waals surface area contributed by atoms with E-state index in [1.54, 1.807) is 42.5 Å². The van der Waals surface area contributed by atoms with E-state index in [0.29, 0.717) is 16.9 Å². The second-order valence-corrected chi connectivity index (χ2v) is 4.19. The van der Waals surface area contributed by atoms with E-state index in [2.05, 4.69) is 5.16 Å². The van der Waals surface area contributed by atoms with E-state index in [9.17, 15) is 4.79 Å². The van der Waals surface area contributed by atoms with Crippen molar-refractivity contribution < 1.29 is 14.4 Å². The molecule has 0 aromatic heterocycles. The minimum absolute atomic E-state index is 0.0479. The van der Waals surface area contributed by atoms with Gasteiger partial charge in [0.25, 0.3) is 0 Å². The van der Waals surface area contributed by atoms with Gasteiger partial charge in [0.05, 0.1) is 18.2 Å². The molecule has 0 aliphatic carbocycles. The first-order valence-electron chi connectivity index (χ1n) is 5.85. The molecule has 0 amide bonds. The van der Waals surface area contributed by atoms with E-state index in [1.807, 2.05) is 12.1 Å². The SMILES string of the molecule is COc1ccccc1C(Cl)=NOC(=O)c1ccccc1. The maximum Gasteiger partial charge on any atom is 0.365 e. The standard InChI is InChI=1S/C15H12ClNO3/c1-19-13-10-6-5-9-12(13)14(16)17-20-15(18)11-7-3-2-4-8-11/h2-10H,1H3. The van der Waals surface area contributed by atoms with Crippen LogP contribution in [0.15, 0.2) is 59.8 Å². The van der Waals surface area contributed by atoms with Crippen LogP contribution in [-0.2, 0) is 4.84 Å². The van der Waals surface area contributed by atoms with Crippen LogP contribution in [0.4, 0.5) is 0 Å². The summed E-state index contributed by atoms with van der Waals surface area (Å²) in [6.07, 6.45) is 0. The van der Waals surface area contributed by atoms with Crippen LogP contribution in [0.1, 0.15) is 15.9 Å². The zero-order valence-corrected chi connectivity index (χ0v) is 11.5. The van der Waals surface area contributed by atoms with Crippen LogP contribution in [0.25, 0.3) is 0 Å². The molecule has 2 aromatic carbocycles. The van der Waals surface area contributed by atoms with Gasteiger partial charge in [-0.05, 0) is 24.3 Å². The van der Waals surface area contributed by atoms with E-state index >= 15 is 0 Å². The van der Waals surface area contributed by atoms with Gasteiger partial charge >= 0.3 is 5.97 Å². The zero-order chi connectivity index (χ0) is 14.4. The summed E-state index contributed by atoms with van der Waals surface area (Å²) in [6, 6.07) is 15.6. The summed E-state index contributed by atoms with van der Waals surface area (Å²) in [5.74, 6) is -0.0179. The average Bonchev–Trinajstić information content (AvgIpc) is 2.53. The van der Waals surface area contributed by atoms with Crippen LogP contribution < -0.4 is 4.74 Å². The van der Waals surface area contributed by atoms with Gasteiger partial charge in [-0.3, -0.25) is 0 Å². The van der Waals surface area contributed by atoms with Crippen molar-refractivity contribution in [2.75, 3.05) is 7.11 Å². The Morgan fingerprint density at radius 3 is 2.40 bits per heavy atom. The van der Waals surface area contributed by atoms with Crippen molar-refractivity contribution in [1.82, 2.24) is 0 Å². The van der Waals surface area contributed by atoms with Crippen LogP contribution in [0.5, 0.6) is 5.75 Å². The Hall–Kier alpha value is -2.33. The Morgan fingerprint density at radius 2 is 1.70 bits per heavy atom. The molecule has 0 saturated carbocycles. The fraction of sp³-hybridized carbons (Fsp3) is 0.0667. The first-order chi connectivity index (χ1) is 9.72. The highest BCUT2D eigenvalue weighted by molar-refractivity contribution is 6.69. The lowest BCUT2D eigenvalue weighted by atomic mass is 10.2. The third-order valence-corrected chi connectivity index (χ3v) is 2.82. The first kappa shape index (κ1) is 14.1. The van der Waals surface area contributed by atoms with Crippen LogP contribution in [0.2, 0.25) is 0 Å². The molecular formula is C15H12ClNO3. The second-order valence-electron chi connectivity index (χ2n) is 3.83. The Labute approximate surface area is 121 Å².